The molecule has 17 heavy (non-hydrogen) atoms. The van der Waals surface area contributed by atoms with Crippen LogP contribution in [0.2, 0.25) is 5.02 Å². The van der Waals surface area contributed by atoms with Crippen molar-refractivity contribution in [3.8, 4) is 0 Å². The van der Waals surface area contributed by atoms with Gasteiger partial charge in [-0.3, -0.25) is 10.5 Å². The molecule has 0 aliphatic carbocycles. The Bertz CT molecular complexity index is 478. The highest BCUT2D eigenvalue weighted by Gasteiger charge is 2.22. The molecule has 0 saturated carbocycles. The molecule has 0 saturated heterocycles. The second kappa shape index (κ2) is 5.18. The lowest BCUT2D eigenvalue weighted by molar-refractivity contribution is 0.477. The van der Waals surface area contributed by atoms with Gasteiger partial charge in [-0.25, -0.2) is 5.43 Å². The van der Waals surface area contributed by atoms with Gasteiger partial charge in [0, 0.05) is 6.04 Å². The van der Waals surface area contributed by atoms with E-state index in [0.717, 1.165) is 11.3 Å². The number of nitrogens with two attached hydrogens (primary N) is 1. The van der Waals surface area contributed by atoms with E-state index in [4.69, 9.17) is 17.4 Å². The molecule has 0 bridgehead atoms. The summed E-state index contributed by atoms with van der Waals surface area (Å²) in [5, 5.41) is 8.99. The third kappa shape index (κ3) is 2.37. The molecule has 2 rings (SSSR count). The first-order valence-corrected chi connectivity index (χ1v) is 6.68. The molecule has 2 heterocycles. The van der Waals surface area contributed by atoms with Crippen LogP contribution in [0.25, 0.3) is 0 Å². The first-order chi connectivity index (χ1) is 8.15. The van der Waals surface area contributed by atoms with Crippen LogP contribution in [-0.4, -0.2) is 9.78 Å². The van der Waals surface area contributed by atoms with Crippen LogP contribution in [0.5, 0.6) is 0 Å². The van der Waals surface area contributed by atoms with Gasteiger partial charge in [0.25, 0.3) is 0 Å². The van der Waals surface area contributed by atoms with Crippen LogP contribution in [-0.2, 0) is 0 Å². The fourth-order valence-corrected chi connectivity index (χ4v) is 2.73. The lowest BCUT2D eigenvalue weighted by Crippen LogP contribution is -2.31. The van der Waals surface area contributed by atoms with E-state index in [1.807, 2.05) is 16.1 Å². The monoisotopic (exact) mass is 270 g/mol. The van der Waals surface area contributed by atoms with Crippen LogP contribution < -0.4 is 11.3 Å². The topological polar surface area (TPSA) is 55.9 Å². The zero-order valence-corrected chi connectivity index (χ0v) is 11.3. The summed E-state index contributed by atoms with van der Waals surface area (Å²) in [6, 6.07) is 2.15. The molecule has 0 aromatic carbocycles. The lowest BCUT2D eigenvalue weighted by atomic mass is 10.1. The Kier molecular flexibility index (Phi) is 3.83. The largest absolute Gasteiger partial charge is 0.271 e. The van der Waals surface area contributed by atoms with Crippen LogP contribution in [0.3, 0.4) is 0 Å². The quantitative estimate of drug-likeness (QED) is 0.663. The van der Waals surface area contributed by atoms with Crippen LogP contribution in [0.4, 0.5) is 0 Å². The van der Waals surface area contributed by atoms with E-state index in [-0.39, 0.29) is 12.1 Å². The molecule has 0 radical (unpaired) electrons. The number of halogens is 1. The van der Waals surface area contributed by atoms with E-state index in [1.54, 1.807) is 17.5 Å². The zero-order chi connectivity index (χ0) is 12.4. The van der Waals surface area contributed by atoms with Gasteiger partial charge in [0.2, 0.25) is 0 Å². The Balaban J connectivity index is 2.47. The van der Waals surface area contributed by atoms with Crippen molar-refractivity contribution >= 4 is 22.9 Å². The van der Waals surface area contributed by atoms with Crippen molar-refractivity contribution in [2.24, 2.45) is 5.84 Å². The number of thiophene rings is 1. The van der Waals surface area contributed by atoms with Crippen molar-refractivity contribution < 1.29 is 0 Å². The predicted molar refractivity (Wildman–Crippen MR) is 71.1 cm³/mol. The van der Waals surface area contributed by atoms with Crippen LogP contribution in [0.15, 0.2) is 23.0 Å². The highest BCUT2D eigenvalue weighted by molar-refractivity contribution is 7.08. The minimum absolute atomic E-state index is 0.126. The van der Waals surface area contributed by atoms with E-state index in [9.17, 15) is 0 Å². The van der Waals surface area contributed by atoms with Gasteiger partial charge in [-0.1, -0.05) is 11.6 Å². The van der Waals surface area contributed by atoms with E-state index in [1.165, 1.54) is 0 Å². The van der Waals surface area contributed by atoms with Gasteiger partial charge in [-0.05, 0) is 36.2 Å². The number of nitrogens with one attached hydrogen (secondary N) is 1. The van der Waals surface area contributed by atoms with Gasteiger partial charge in [-0.15, -0.1) is 0 Å². The van der Waals surface area contributed by atoms with Crippen molar-refractivity contribution in [1.29, 1.82) is 0 Å². The third-order valence-electron chi connectivity index (χ3n) is 2.59. The van der Waals surface area contributed by atoms with E-state index in [2.05, 4.69) is 29.8 Å². The molecule has 4 nitrogen and oxygen atoms in total. The number of nitrogens with zero attached hydrogens (tertiary/aromatic N) is 2. The molecule has 2 aromatic heterocycles. The highest BCUT2D eigenvalue weighted by atomic mass is 35.5. The summed E-state index contributed by atoms with van der Waals surface area (Å²) in [4.78, 5) is 0. The summed E-state index contributed by atoms with van der Waals surface area (Å²) >= 11 is 7.84. The number of aromatic nitrogens is 2. The number of hydrogen-bond donors (Lipinski definition) is 2. The van der Waals surface area contributed by atoms with E-state index in [0.29, 0.717) is 5.02 Å². The molecule has 2 aromatic rings. The minimum atomic E-state index is -0.126. The van der Waals surface area contributed by atoms with Crippen LogP contribution >= 0.6 is 22.9 Å². The molecule has 92 valence electrons. The van der Waals surface area contributed by atoms with Gasteiger partial charge in [0.1, 0.15) is 0 Å². The van der Waals surface area contributed by atoms with Crippen molar-refractivity contribution in [2.75, 3.05) is 0 Å². The summed E-state index contributed by atoms with van der Waals surface area (Å²) in [5.74, 6) is 5.65. The molecule has 1 atom stereocenters. The smallest absolute Gasteiger partial charge is 0.0901 e. The van der Waals surface area contributed by atoms with E-state index < -0.39 is 0 Å². The Labute approximate surface area is 109 Å². The van der Waals surface area contributed by atoms with Gasteiger partial charge < -0.3 is 0 Å². The molecule has 0 fully saturated rings. The summed E-state index contributed by atoms with van der Waals surface area (Å²) in [7, 11) is 0. The summed E-state index contributed by atoms with van der Waals surface area (Å²) in [6.45, 7) is 4.13. The minimum Gasteiger partial charge on any atom is -0.271 e. The molecule has 1 unspecified atom stereocenters. The number of rotatable bonds is 4. The maximum Gasteiger partial charge on any atom is 0.0901 e. The van der Waals surface area contributed by atoms with Crippen LogP contribution in [0.1, 0.15) is 37.2 Å². The molecule has 0 spiro atoms. The van der Waals surface area contributed by atoms with Crippen molar-refractivity contribution in [3.05, 3.63) is 39.3 Å². The summed E-state index contributed by atoms with van der Waals surface area (Å²) in [6.07, 6.45) is 1.66. The Morgan fingerprint density at radius 2 is 2.29 bits per heavy atom. The fraction of sp³-hybridized carbons (Fsp3) is 0.364. The van der Waals surface area contributed by atoms with Crippen molar-refractivity contribution in [3.63, 3.8) is 0 Å². The van der Waals surface area contributed by atoms with Gasteiger partial charge >= 0.3 is 0 Å². The van der Waals surface area contributed by atoms with Crippen molar-refractivity contribution in [1.82, 2.24) is 15.2 Å². The third-order valence-corrected chi connectivity index (χ3v) is 3.59. The Morgan fingerprint density at radius 3 is 2.82 bits per heavy atom. The van der Waals surface area contributed by atoms with E-state index >= 15 is 0 Å². The second-order valence-corrected chi connectivity index (χ2v) is 5.26. The fourth-order valence-electron chi connectivity index (χ4n) is 1.80. The molecular weight excluding hydrogens is 256 g/mol. The predicted octanol–water partition coefficient (Wildman–Crippen LogP) is 2.73. The maximum atomic E-state index is 6.20. The summed E-state index contributed by atoms with van der Waals surface area (Å²) in [5.41, 5.74) is 4.81. The van der Waals surface area contributed by atoms with Crippen LogP contribution in [0, 0.1) is 0 Å². The standard InChI is InChI=1S/C11H15ClN4S/c1-7(2)16-11(9(12)5-14-16)10(15-13)8-3-4-17-6-8/h3-7,10,15H,13H2,1-2H3. The Hall–Kier alpha value is -0.880. The summed E-state index contributed by atoms with van der Waals surface area (Å²) < 4.78 is 1.89. The normalized spacial score (nSPS) is 13.2. The average molecular weight is 271 g/mol. The van der Waals surface area contributed by atoms with Gasteiger partial charge in [0.05, 0.1) is 23.0 Å². The van der Waals surface area contributed by atoms with Crippen molar-refractivity contribution in [2.45, 2.75) is 25.9 Å². The molecule has 0 aliphatic rings. The average Bonchev–Trinajstić information content (AvgIpc) is 2.91. The number of hydrogen-bond acceptors (Lipinski definition) is 4. The molecule has 3 N–H and O–H groups in total. The lowest BCUT2D eigenvalue weighted by Gasteiger charge is -2.19. The second-order valence-electron chi connectivity index (χ2n) is 4.07. The molecular formula is C11H15ClN4S. The molecule has 0 amide bonds. The zero-order valence-electron chi connectivity index (χ0n) is 9.72. The highest BCUT2D eigenvalue weighted by Crippen LogP contribution is 2.30. The maximum absolute atomic E-state index is 6.20. The number of hydrazine groups is 1. The SMILES string of the molecule is CC(C)n1ncc(Cl)c1C(NN)c1ccsc1. The van der Waals surface area contributed by atoms with Gasteiger partial charge in [0.15, 0.2) is 0 Å². The molecule has 0 aliphatic heterocycles. The Morgan fingerprint density at radius 1 is 1.53 bits per heavy atom. The molecule has 6 heteroatoms. The first-order valence-electron chi connectivity index (χ1n) is 5.36. The first kappa shape index (κ1) is 12.6. The van der Waals surface area contributed by atoms with Gasteiger partial charge in [-0.2, -0.15) is 16.4 Å².